The number of esters is 1. The van der Waals surface area contributed by atoms with Crippen molar-refractivity contribution in [1.29, 1.82) is 5.26 Å². The van der Waals surface area contributed by atoms with Crippen molar-refractivity contribution in [2.24, 2.45) is 5.73 Å². The first-order valence-electron chi connectivity index (χ1n) is 12.2. The monoisotopic (exact) mass is 498 g/mol. The quantitative estimate of drug-likeness (QED) is 0.230. The SMILES string of the molecule is CCCCOc1ccccc1C1C(C#N)=C(N)Oc2cc(OC(=O)COc3ccc(C)c(C)c3)ccc21. The zero-order valence-corrected chi connectivity index (χ0v) is 21.2. The van der Waals surface area contributed by atoms with Crippen LogP contribution in [0.2, 0.25) is 0 Å². The molecule has 7 heteroatoms. The number of rotatable bonds is 9. The van der Waals surface area contributed by atoms with Gasteiger partial charge in [0.05, 0.1) is 12.5 Å². The molecule has 2 N–H and O–H groups in total. The van der Waals surface area contributed by atoms with Gasteiger partial charge in [-0.05, 0) is 55.7 Å². The fraction of sp³-hybridized carbons (Fsp3) is 0.267. The number of benzene rings is 3. The average Bonchev–Trinajstić information content (AvgIpc) is 2.89. The highest BCUT2D eigenvalue weighted by molar-refractivity contribution is 5.74. The predicted octanol–water partition coefficient (Wildman–Crippen LogP) is 5.68. The van der Waals surface area contributed by atoms with Gasteiger partial charge in [-0.1, -0.05) is 43.7 Å². The fourth-order valence-corrected chi connectivity index (χ4v) is 4.10. The molecule has 1 atom stereocenters. The van der Waals surface area contributed by atoms with E-state index in [9.17, 15) is 10.1 Å². The zero-order valence-electron chi connectivity index (χ0n) is 21.2. The molecule has 0 fully saturated rings. The minimum Gasteiger partial charge on any atom is -0.493 e. The Morgan fingerprint density at radius 3 is 2.54 bits per heavy atom. The maximum Gasteiger partial charge on any atom is 0.349 e. The Labute approximate surface area is 217 Å². The zero-order chi connectivity index (χ0) is 26.4. The van der Waals surface area contributed by atoms with E-state index in [1.54, 1.807) is 18.2 Å². The summed E-state index contributed by atoms with van der Waals surface area (Å²) < 4.78 is 22.9. The molecule has 7 nitrogen and oxygen atoms in total. The van der Waals surface area contributed by atoms with Crippen LogP contribution in [0, 0.1) is 25.2 Å². The average molecular weight is 499 g/mol. The second-order valence-electron chi connectivity index (χ2n) is 8.87. The van der Waals surface area contributed by atoms with E-state index in [1.807, 2.05) is 56.3 Å². The number of hydrogen-bond donors (Lipinski definition) is 1. The molecule has 0 spiro atoms. The predicted molar refractivity (Wildman–Crippen MR) is 140 cm³/mol. The number of nitrogens with two attached hydrogens (primary N) is 1. The molecule has 1 aliphatic heterocycles. The van der Waals surface area contributed by atoms with Crippen molar-refractivity contribution in [1.82, 2.24) is 0 Å². The van der Waals surface area contributed by atoms with Crippen LogP contribution in [0.1, 0.15) is 47.9 Å². The van der Waals surface area contributed by atoms with Crippen LogP contribution in [0.4, 0.5) is 0 Å². The summed E-state index contributed by atoms with van der Waals surface area (Å²) in [4.78, 5) is 12.4. The van der Waals surface area contributed by atoms with Gasteiger partial charge in [-0.25, -0.2) is 4.79 Å². The topological polar surface area (TPSA) is 104 Å². The summed E-state index contributed by atoms with van der Waals surface area (Å²) >= 11 is 0. The lowest BCUT2D eigenvalue weighted by molar-refractivity contribution is -0.136. The van der Waals surface area contributed by atoms with E-state index < -0.39 is 11.9 Å². The molecule has 0 saturated carbocycles. The maximum atomic E-state index is 12.4. The van der Waals surface area contributed by atoms with Crippen LogP contribution in [-0.4, -0.2) is 19.2 Å². The molecule has 0 aliphatic carbocycles. The first-order valence-corrected chi connectivity index (χ1v) is 12.2. The molecule has 1 heterocycles. The Kier molecular flexibility index (Phi) is 7.99. The summed E-state index contributed by atoms with van der Waals surface area (Å²) in [7, 11) is 0. The van der Waals surface area contributed by atoms with Crippen molar-refractivity contribution >= 4 is 5.97 Å². The second-order valence-corrected chi connectivity index (χ2v) is 8.87. The number of carbonyl (C=O) groups is 1. The number of allylic oxidation sites excluding steroid dienone is 1. The van der Waals surface area contributed by atoms with Gasteiger partial charge in [0.15, 0.2) is 6.61 Å². The van der Waals surface area contributed by atoms with E-state index in [1.165, 1.54) is 0 Å². The molecule has 37 heavy (non-hydrogen) atoms. The van der Waals surface area contributed by atoms with Gasteiger partial charge < -0.3 is 24.7 Å². The number of unbranched alkanes of at least 4 members (excludes halogenated alkanes) is 1. The molecule has 0 aromatic heterocycles. The van der Waals surface area contributed by atoms with Gasteiger partial charge in [-0.15, -0.1) is 0 Å². The molecule has 1 unspecified atom stereocenters. The third kappa shape index (κ3) is 5.87. The number of nitriles is 1. The summed E-state index contributed by atoms with van der Waals surface area (Å²) in [5.74, 6) is 0.944. The van der Waals surface area contributed by atoms with E-state index >= 15 is 0 Å². The third-order valence-corrected chi connectivity index (χ3v) is 6.24. The Morgan fingerprint density at radius 2 is 1.78 bits per heavy atom. The minimum absolute atomic E-state index is 0.00455. The van der Waals surface area contributed by atoms with Crippen molar-refractivity contribution in [3.8, 4) is 29.1 Å². The largest absolute Gasteiger partial charge is 0.493 e. The lowest BCUT2D eigenvalue weighted by atomic mass is 9.83. The van der Waals surface area contributed by atoms with Gasteiger partial charge in [0.1, 0.15) is 34.6 Å². The number of aryl methyl sites for hydroxylation is 2. The van der Waals surface area contributed by atoms with Gasteiger partial charge >= 0.3 is 5.97 Å². The fourth-order valence-electron chi connectivity index (χ4n) is 4.10. The Balaban J connectivity index is 1.55. The van der Waals surface area contributed by atoms with Crippen LogP contribution >= 0.6 is 0 Å². The van der Waals surface area contributed by atoms with Gasteiger partial charge in [-0.2, -0.15) is 5.26 Å². The Morgan fingerprint density at radius 1 is 1.00 bits per heavy atom. The summed E-state index contributed by atoms with van der Waals surface area (Å²) in [5, 5.41) is 9.89. The smallest absolute Gasteiger partial charge is 0.349 e. The van der Waals surface area contributed by atoms with Gasteiger partial charge in [0.2, 0.25) is 5.88 Å². The molecular formula is C30H30N2O5. The number of carbonyl (C=O) groups excluding carboxylic acids is 1. The molecule has 3 aromatic carbocycles. The summed E-state index contributed by atoms with van der Waals surface area (Å²) in [5.41, 5.74) is 10.2. The van der Waals surface area contributed by atoms with Crippen molar-refractivity contribution in [3.05, 3.63) is 94.4 Å². The molecule has 0 radical (unpaired) electrons. The van der Waals surface area contributed by atoms with Gasteiger partial charge in [0, 0.05) is 17.2 Å². The summed E-state index contributed by atoms with van der Waals surface area (Å²) in [6.45, 7) is 6.42. The molecule has 0 saturated heterocycles. The van der Waals surface area contributed by atoms with E-state index in [0.29, 0.717) is 29.4 Å². The molecule has 190 valence electrons. The molecule has 0 amide bonds. The second kappa shape index (κ2) is 11.5. The van der Waals surface area contributed by atoms with Crippen molar-refractivity contribution in [2.75, 3.05) is 13.2 Å². The number of nitrogens with zero attached hydrogens (tertiary/aromatic N) is 1. The highest BCUT2D eigenvalue weighted by Crippen LogP contribution is 2.45. The number of fused-ring (bicyclic) bond motifs is 1. The normalized spacial score (nSPS) is 14.3. The first-order chi connectivity index (χ1) is 17.9. The standard InChI is InChI=1S/C30H30N2O5/c1-4-5-14-34-26-9-7-6-8-23(26)29-24-13-12-22(16-27(24)37-30(32)25(29)17-31)36-28(33)18-35-21-11-10-19(2)20(3)15-21/h6-13,15-16,29H,4-5,14,18,32H2,1-3H3. The van der Waals surface area contributed by atoms with E-state index in [2.05, 4.69) is 13.0 Å². The van der Waals surface area contributed by atoms with Crippen LogP contribution in [0.15, 0.2) is 72.1 Å². The number of para-hydroxylation sites is 1. The van der Waals surface area contributed by atoms with E-state index in [-0.39, 0.29) is 18.2 Å². The first kappa shape index (κ1) is 25.6. The lowest BCUT2D eigenvalue weighted by Crippen LogP contribution is -2.22. The van der Waals surface area contributed by atoms with Crippen LogP contribution in [0.25, 0.3) is 0 Å². The Hall–Kier alpha value is -4.44. The van der Waals surface area contributed by atoms with Crippen molar-refractivity contribution in [3.63, 3.8) is 0 Å². The Bertz CT molecular complexity index is 1370. The molecule has 4 rings (SSSR count). The van der Waals surface area contributed by atoms with Crippen LogP contribution in [-0.2, 0) is 4.79 Å². The highest BCUT2D eigenvalue weighted by Gasteiger charge is 2.33. The van der Waals surface area contributed by atoms with Crippen molar-refractivity contribution < 1.29 is 23.7 Å². The van der Waals surface area contributed by atoms with Gasteiger partial charge in [0.25, 0.3) is 0 Å². The van der Waals surface area contributed by atoms with Gasteiger partial charge in [-0.3, -0.25) is 0 Å². The summed E-state index contributed by atoms with van der Waals surface area (Å²) in [6, 6.07) is 20.5. The number of ether oxygens (including phenoxy) is 4. The third-order valence-electron chi connectivity index (χ3n) is 6.24. The minimum atomic E-state index is -0.554. The molecule has 3 aromatic rings. The van der Waals surface area contributed by atoms with Crippen LogP contribution < -0.4 is 24.7 Å². The lowest BCUT2D eigenvalue weighted by Gasteiger charge is -2.28. The van der Waals surface area contributed by atoms with E-state index in [4.69, 9.17) is 24.7 Å². The van der Waals surface area contributed by atoms with Crippen molar-refractivity contribution in [2.45, 2.75) is 39.5 Å². The molecular weight excluding hydrogens is 468 g/mol. The van der Waals surface area contributed by atoms with E-state index in [0.717, 1.165) is 35.1 Å². The molecule has 1 aliphatic rings. The number of hydrogen-bond acceptors (Lipinski definition) is 7. The molecule has 0 bridgehead atoms. The summed E-state index contributed by atoms with van der Waals surface area (Å²) in [6.07, 6.45) is 1.93. The van der Waals surface area contributed by atoms with Crippen LogP contribution in [0.3, 0.4) is 0 Å². The maximum absolute atomic E-state index is 12.4. The highest BCUT2D eigenvalue weighted by atomic mass is 16.6. The van der Waals surface area contributed by atoms with Crippen LogP contribution in [0.5, 0.6) is 23.0 Å².